The normalized spacial score (nSPS) is 13.2. The summed E-state index contributed by atoms with van der Waals surface area (Å²) in [5.74, 6) is 0.939. The van der Waals surface area contributed by atoms with Crippen LogP contribution in [0.5, 0.6) is 0 Å². The molecule has 0 saturated carbocycles. The van der Waals surface area contributed by atoms with Crippen LogP contribution in [0.1, 0.15) is 38.4 Å². The molecule has 2 aromatic rings. The maximum Gasteiger partial charge on any atom is 0.127 e. The molecule has 0 fully saturated rings. The first-order valence-corrected chi connectivity index (χ1v) is 7.77. The molecule has 2 aromatic heterocycles. The second-order valence-corrected chi connectivity index (χ2v) is 5.64. The van der Waals surface area contributed by atoms with Gasteiger partial charge in [0.05, 0.1) is 17.1 Å². The van der Waals surface area contributed by atoms with E-state index in [1.807, 2.05) is 19.2 Å². The van der Waals surface area contributed by atoms with E-state index in [0.717, 1.165) is 49.5 Å². The molecule has 0 radical (unpaired) electrons. The van der Waals surface area contributed by atoms with Gasteiger partial charge in [-0.2, -0.15) is 0 Å². The van der Waals surface area contributed by atoms with E-state index in [1.165, 1.54) is 0 Å². The number of aryl methyl sites for hydroxylation is 1. The molecule has 1 atom stereocenters. The summed E-state index contributed by atoms with van der Waals surface area (Å²) in [6, 6.07) is 2.02. The van der Waals surface area contributed by atoms with Crippen LogP contribution < -0.4 is 0 Å². The monoisotopic (exact) mass is 294 g/mol. The highest BCUT2D eigenvalue weighted by molar-refractivity contribution is 6.20. The molecule has 2 heterocycles. The van der Waals surface area contributed by atoms with E-state index in [-0.39, 0.29) is 5.38 Å². The topological polar surface area (TPSA) is 34.0 Å². The zero-order valence-corrected chi connectivity index (χ0v) is 13.3. The van der Waals surface area contributed by atoms with Gasteiger partial charge < -0.3 is 9.47 Å². The van der Waals surface area contributed by atoms with Gasteiger partial charge in [-0.25, -0.2) is 4.98 Å². The van der Waals surface area contributed by atoms with Gasteiger partial charge in [-0.15, -0.1) is 11.6 Å². The number of fused-ring (bicyclic) bond motifs is 1. The Morgan fingerprint density at radius 2 is 2.10 bits per heavy atom. The van der Waals surface area contributed by atoms with Gasteiger partial charge in [-0.05, 0) is 39.0 Å². The van der Waals surface area contributed by atoms with Crippen molar-refractivity contribution < 1.29 is 0 Å². The standard InChI is InChI=1S/C15H23ClN4/c1-4-19(5-2)9-6-10-20-14-7-8-17-11-13(14)18-15(20)12(3)16/h7-8,11-12H,4-6,9-10H2,1-3H3. The molecule has 110 valence electrons. The van der Waals surface area contributed by atoms with Crippen molar-refractivity contribution in [1.29, 1.82) is 0 Å². The summed E-state index contributed by atoms with van der Waals surface area (Å²) in [6.07, 6.45) is 4.72. The summed E-state index contributed by atoms with van der Waals surface area (Å²) in [7, 11) is 0. The predicted molar refractivity (Wildman–Crippen MR) is 84.2 cm³/mol. The highest BCUT2D eigenvalue weighted by Crippen LogP contribution is 2.24. The molecule has 1 unspecified atom stereocenters. The molecule has 0 aromatic carbocycles. The van der Waals surface area contributed by atoms with E-state index < -0.39 is 0 Å². The SMILES string of the molecule is CCN(CC)CCCn1c(C(C)Cl)nc2cnccc21. The molecule has 0 aliphatic carbocycles. The van der Waals surface area contributed by atoms with Crippen molar-refractivity contribution in [2.75, 3.05) is 19.6 Å². The van der Waals surface area contributed by atoms with Gasteiger partial charge >= 0.3 is 0 Å². The van der Waals surface area contributed by atoms with Gasteiger partial charge in [0, 0.05) is 12.7 Å². The summed E-state index contributed by atoms with van der Waals surface area (Å²) in [5, 5.41) is -0.0872. The van der Waals surface area contributed by atoms with Crippen LogP contribution in [0.25, 0.3) is 11.0 Å². The van der Waals surface area contributed by atoms with E-state index in [9.17, 15) is 0 Å². The van der Waals surface area contributed by atoms with Gasteiger partial charge in [0.1, 0.15) is 11.3 Å². The van der Waals surface area contributed by atoms with E-state index >= 15 is 0 Å². The number of imidazole rings is 1. The second-order valence-electron chi connectivity index (χ2n) is 4.98. The van der Waals surface area contributed by atoms with Crippen LogP contribution in [0.4, 0.5) is 0 Å². The quantitative estimate of drug-likeness (QED) is 0.733. The average molecular weight is 295 g/mol. The smallest absolute Gasteiger partial charge is 0.127 e. The average Bonchev–Trinajstić information content (AvgIpc) is 2.83. The molecule has 5 heteroatoms. The van der Waals surface area contributed by atoms with E-state index in [2.05, 4.69) is 33.3 Å². The first kappa shape index (κ1) is 15.3. The first-order chi connectivity index (χ1) is 9.67. The minimum atomic E-state index is -0.0872. The molecule has 4 nitrogen and oxygen atoms in total. The van der Waals surface area contributed by atoms with Crippen LogP contribution in [0.3, 0.4) is 0 Å². The van der Waals surface area contributed by atoms with Gasteiger partial charge in [0.25, 0.3) is 0 Å². The van der Waals surface area contributed by atoms with Crippen LogP contribution in [0.2, 0.25) is 0 Å². The predicted octanol–water partition coefficient (Wildman–Crippen LogP) is 3.46. The van der Waals surface area contributed by atoms with Crippen molar-refractivity contribution in [2.24, 2.45) is 0 Å². The number of rotatable bonds is 7. The summed E-state index contributed by atoms with van der Waals surface area (Å²) in [4.78, 5) is 11.2. The number of pyridine rings is 1. The Kier molecular flexibility index (Phi) is 5.38. The van der Waals surface area contributed by atoms with E-state index in [0.29, 0.717) is 0 Å². The summed E-state index contributed by atoms with van der Waals surface area (Å²) >= 11 is 6.26. The lowest BCUT2D eigenvalue weighted by atomic mass is 10.3. The Balaban J connectivity index is 2.17. The van der Waals surface area contributed by atoms with Crippen LogP contribution in [-0.4, -0.2) is 39.1 Å². The molecule has 0 N–H and O–H groups in total. The zero-order chi connectivity index (χ0) is 14.5. The highest BCUT2D eigenvalue weighted by Gasteiger charge is 2.14. The van der Waals surface area contributed by atoms with Crippen molar-refractivity contribution in [3.8, 4) is 0 Å². The van der Waals surface area contributed by atoms with Gasteiger partial charge in [0.2, 0.25) is 0 Å². The van der Waals surface area contributed by atoms with Crippen molar-refractivity contribution >= 4 is 22.6 Å². The Labute approximate surface area is 125 Å². The fourth-order valence-corrected chi connectivity index (χ4v) is 2.70. The Morgan fingerprint density at radius 1 is 1.35 bits per heavy atom. The third-order valence-corrected chi connectivity index (χ3v) is 3.88. The number of alkyl halides is 1. The number of halogens is 1. The third kappa shape index (κ3) is 3.30. The lowest BCUT2D eigenvalue weighted by Gasteiger charge is -2.18. The number of aromatic nitrogens is 3. The van der Waals surface area contributed by atoms with E-state index in [1.54, 1.807) is 6.20 Å². The molecule has 20 heavy (non-hydrogen) atoms. The van der Waals surface area contributed by atoms with Gasteiger partial charge in [-0.3, -0.25) is 4.98 Å². The zero-order valence-electron chi connectivity index (χ0n) is 12.5. The van der Waals surface area contributed by atoms with E-state index in [4.69, 9.17) is 11.6 Å². The minimum Gasteiger partial charge on any atom is -0.327 e. The first-order valence-electron chi connectivity index (χ1n) is 7.33. The van der Waals surface area contributed by atoms with Gasteiger partial charge in [0.15, 0.2) is 0 Å². The highest BCUT2D eigenvalue weighted by atomic mass is 35.5. The van der Waals surface area contributed by atoms with Crippen LogP contribution >= 0.6 is 11.6 Å². The number of hydrogen-bond donors (Lipinski definition) is 0. The van der Waals surface area contributed by atoms with Crippen molar-refractivity contribution in [3.05, 3.63) is 24.3 Å². The molecule has 0 saturated heterocycles. The Bertz CT molecular complexity index is 546. The number of hydrogen-bond acceptors (Lipinski definition) is 3. The third-order valence-electron chi connectivity index (χ3n) is 3.69. The summed E-state index contributed by atoms with van der Waals surface area (Å²) in [5.41, 5.74) is 2.06. The Hall–Kier alpha value is -1.13. The molecule has 2 rings (SSSR count). The molecule has 0 aliphatic heterocycles. The molecule has 0 bridgehead atoms. The Morgan fingerprint density at radius 3 is 2.75 bits per heavy atom. The van der Waals surface area contributed by atoms with Crippen LogP contribution in [0.15, 0.2) is 18.5 Å². The molecular formula is C15H23ClN4. The molecule has 0 aliphatic rings. The maximum atomic E-state index is 6.26. The molecule has 0 spiro atoms. The van der Waals surface area contributed by atoms with Crippen LogP contribution in [-0.2, 0) is 6.54 Å². The molecule has 0 amide bonds. The largest absolute Gasteiger partial charge is 0.327 e. The maximum absolute atomic E-state index is 6.26. The lowest BCUT2D eigenvalue weighted by molar-refractivity contribution is 0.293. The molecular weight excluding hydrogens is 272 g/mol. The van der Waals surface area contributed by atoms with Crippen molar-refractivity contribution in [1.82, 2.24) is 19.4 Å². The fourth-order valence-electron chi connectivity index (χ4n) is 2.53. The fraction of sp³-hybridized carbons (Fsp3) is 0.600. The lowest BCUT2D eigenvalue weighted by Crippen LogP contribution is -2.25. The summed E-state index contributed by atoms with van der Waals surface area (Å²) in [6.45, 7) is 10.6. The van der Waals surface area contributed by atoms with Crippen LogP contribution in [0, 0.1) is 0 Å². The summed E-state index contributed by atoms with van der Waals surface area (Å²) < 4.78 is 2.23. The minimum absolute atomic E-state index is 0.0872. The van der Waals surface area contributed by atoms with Crippen molar-refractivity contribution in [3.63, 3.8) is 0 Å². The second kappa shape index (κ2) is 7.04. The van der Waals surface area contributed by atoms with Gasteiger partial charge in [-0.1, -0.05) is 13.8 Å². The van der Waals surface area contributed by atoms with Crippen molar-refractivity contribution in [2.45, 2.75) is 39.1 Å². The number of nitrogens with zero attached hydrogens (tertiary/aromatic N) is 4.